The molecule has 2 aromatic heterocycles. The van der Waals surface area contributed by atoms with Gasteiger partial charge in [0, 0.05) is 0 Å². The maximum Gasteiger partial charge on any atom is 0.416 e. The van der Waals surface area contributed by atoms with E-state index < -0.39 is 11.7 Å². The number of aromatic nitrogens is 4. The first kappa shape index (κ1) is 19.9. The van der Waals surface area contributed by atoms with Crippen LogP contribution in [0.5, 0.6) is 11.9 Å². The van der Waals surface area contributed by atoms with Gasteiger partial charge < -0.3 is 9.47 Å². The van der Waals surface area contributed by atoms with Gasteiger partial charge in [0.15, 0.2) is 5.65 Å². The zero-order valence-electron chi connectivity index (χ0n) is 16.3. The third-order valence-corrected chi connectivity index (χ3v) is 5.10. The van der Waals surface area contributed by atoms with Crippen LogP contribution in [0.1, 0.15) is 35.7 Å². The van der Waals surface area contributed by atoms with Crippen LogP contribution in [0.4, 0.5) is 13.2 Å². The van der Waals surface area contributed by atoms with E-state index in [2.05, 4.69) is 21.1 Å². The van der Waals surface area contributed by atoms with Crippen LogP contribution in [-0.2, 0) is 12.6 Å². The quantitative estimate of drug-likeness (QED) is 0.604. The van der Waals surface area contributed by atoms with Crippen molar-refractivity contribution in [1.29, 1.82) is 5.26 Å². The van der Waals surface area contributed by atoms with Crippen molar-refractivity contribution in [3.05, 3.63) is 41.1 Å². The predicted molar refractivity (Wildman–Crippen MR) is 100 cm³/mol. The third kappa shape index (κ3) is 3.51. The molecule has 3 aromatic rings. The molecule has 0 aliphatic heterocycles. The summed E-state index contributed by atoms with van der Waals surface area (Å²) in [6.45, 7) is 0. The topological polar surface area (TPSA) is 85.9 Å². The highest BCUT2D eigenvalue weighted by molar-refractivity contribution is 5.84. The van der Waals surface area contributed by atoms with Gasteiger partial charge in [-0.1, -0.05) is 12.1 Å². The Balaban J connectivity index is 1.90. The first-order chi connectivity index (χ1) is 14.4. The number of halogens is 3. The van der Waals surface area contributed by atoms with Crippen molar-refractivity contribution in [3.8, 4) is 18.0 Å². The van der Waals surface area contributed by atoms with Crippen molar-refractivity contribution in [1.82, 2.24) is 19.7 Å². The van der Waals surface area contributed by atoms with E-state index in [1.54, 1.807) is 4.68 Å². The summed E-state index contributed by atoms with van der Waals surface area (Å²) in [6.07, 6.45) is -2.56. The molecule has 1 atom stereocenters. The molecule has 0 spiro atoms. The van der Waals surface area contributed by atoms with Crippen molar-refractivity contribution in [2.75, 3.05) is 14.2 Å². The Morgan fingerprint density at radius 2 is 1.87 bits per heavy atom. The lowest BCUT2D eigenvalue weighted by molar-refractivity contribution is -0.137. The summed E-state index contributed by atoms with van der Waals surface area (Å²) in [4.78, 5) is 8.60. The van der Waals surface area contributed by atoms with Crippen LogP contribution in [0.2, 0.25) is 0 Å². The fraction of sp³-hybridized carbons (Fsp3) is 0.400. The minimum atomic E-state index is -4.40. The van der Waals surface area contributed by atoms with Crippen LogP contribution in [0, 0.1) is 17.2 Å². The molecule has 1 fully saturated rings. The molecule has 1 aliphatic carbocycles. The highest BCUT2D eigenvalue weighted by atomic mass is 19.4. The molecule has 30 heavy (non-hydrogen) atoms. The Hall–Kier alpha value is -3.35. The Morgan fingerprint density at radius 1 is 1.17 bits per heavy atom. The number of rotatable bonds is 6. The van der Waals surface area contributed by atoms with Gasteiger partial charge >= 0.3 is 12.2 Å². The second kappa shape index (κ2) is 7.48. The normalized spacial score (nSPS) is 15.1. The molecule has 0 saturated heterocycles. The summed E-state index contributed by atoms with van der Waals surface area (Å²) >= 11 is 0. The number of benzene rings is 1. The monoisotopic (exact) mass is 417 g/mol. The minimum absolute atomic E-state index is 0.0138. The molecule has 1 aromatic carbocycles. The largest absolute Gasteiger partial charge is 0.480 e. The second-order valence-electron chi connectivity index (χ2n) is 7.05. The number of hydrogen-bond acceptors (Lipinski definition) is 6. The number of hydrogen-bond donors (Lipinski definition) is 0. The molecule has 10 heteroatoms. The first-order valence-electron chi connectivity index (χ1n) is 9.28. The average Bonchev–Trinajstić information content (AvgIpc) is 3.50. The standard InChI is InChI=1S/C20H18F3N5O2/c1-29-18-15-14(9-10-24)27-28(17(15)25-19(26-18)30-2)16(11-3-4-11)12-5-7-13(8-6-12)20(21,22)23/h5-8,11,16H,3-4,9H2,1-2H3. The van der Waals surface area contributed by atoms with Gasteiger partial charge in [-0.15, -0.1) is 0 Å². The molecule has 156 valence electrons. The smallest absolute Gasteiger partial charge is 0.416 e. The summed E-state index contributed by atoms with van der Waals surface area (Å²) in [5.74, 6) is 0.432. The summed E-state index contributed by atoms with van der Waals surface area (Å²) in [5, 5.41) is 14.3. The van der Waals surface area contributed by atoms with Gasteiger partial charge in [0.1, 0.15) is 5.39 Å². The van der Waals surface area contributed by atoms with E-state index in [1.807, 2.05) is 0 Å². The van der Waals surface area contributed by atoms with E-state index >= 15 is 0 Å². The van der Waals surface area contributed by atoms with Gasteiger partial charge in [-0.3, -0.25) is 0 Å². The molecule has 0 amide bonds. The van der Waals surface area contributed by atoms with E-state index in [-0.39, 0.29) is 30.3 Å². The number of ether oxygens (including phenoxy) is 2. The van der Waals surface area contributed by atoms with Crippen molar-refractivity contribution >= 4 is 11.0 Å². The van der Waals surface area contributed by atoms with Crippen LogP contribution in [0.25, 0.3) is 11.0 Å². The fourth-order valence-corrected chi connectivity index (χ4v) is 3.58. The minimum Gasteiger partial charge on any atom is -0.480 e. The number of nitriles is 1. The van der Waals surface area contributed by atoms with Gasteiger partial charge in [0.05, 0.1) is 44.0 Å². The number of methoxy groups -OCH3 is 2. The van der Waals surface area contributed by atoms with Crippen LogP contribution in [-0.4, -0.2) is 34.0 Å². The first-order valence-corrected chi connectivity index (χ1v) is 9.28. The molecule has 0 bridgehead atoms. The Bertz CT molecular complexity index is 1110. The highest BCUT2D eigenvalue weighted by Gasteiger charge is 2.37. The molecule has 1 aliphatic rings. The average molecular weight is 417 g/mol. The fourth-order valence-electron chi connectivity index (χ4n) is 3.58. The van der Waals surface area contributed by atoms with Gasteiger partial charge in [-0.25, -0.2) is 4.68 Å². The van der Waals surface area contributed by atoms with Crippen molar-refractivity contribution < 1.29 is 22.6 Å². The van der Waals surface area contributed by atoms with E-state index in [9.17, 15) is 18.4 Å². The van der Waals surface area contributed by atoms with Gasteiger partial charge in [-0.2, -0.15) is 33.5 Å². The van der Waals surface area contributed by atoms with Crippen molar-refractivity contribution in [3.63, 3.8) is 0 Å². The maximum absolute atomic E-state index is 13.0. The molecular formula is C20H18F3N5O2. The van der Waals surface area contributed by atoms with E-state index in [0.29, 0.717) is 22.3 Å². The van der Waals surface area contributed by atoms with Gasteiger partial charge in [-0.05, 0) is 36.5 Å². The Kier molecular flexibility index (Phi) is 4.97. The zero-order chi connectivity index (χ0) is 21.5. The van der Waals surface area contributed by atoms with Gasteiger partial charge in [0.2, 0.25) is 5.88 Å². The van der Waals surface area contributed by atoms with Crippen LogP contribution >= 0.6 is 0 Å². The summed E-state index contributed by atoms with van der Waals surface area (Å²) in [6, 6.07) is 6.91. The molecule has 7 nitrogen and oxygen atoms in total. The highest BCUT2D eigenvalue weighted by Crippen LogP contribution is 2.45. The van der Waals surface area contributed by atoms with Crippen LogP contribution in [0.3, 0.4) is 0 Å². The molecule has 0 radical (unpaired) electrons. The molecule has 2 heterocycles. The lowest BCUT2D eigenvalue weighted by Crippen LogP contribution is -2.16. The molecule has 1 saturated carbocycles. The zero-order valence-corrected chi connectivity index (χ0v) is 16.3. The molecule has 1 unspecified atom stereocenters. The summed E-state index contributed by atoms with van der Waals surface area (Å²) in [7, 11) is 2.87. The maximum atomic E-state index is 13.0. The van der Waals surface area contributed by atoms with Gasteiger partial charge in [0.25, 0.3) is 0 Å². The Labute approximate surface area is 170 Å². The van der Waals surface area contributed by atoms with E-state index in [0.717, 1.165) is 25.0 Å². The molecule has 4 rings (SSSR count). The number of nitrogens with zero attached hydrogens (tertiary/aromatic N) is 5. The lowest BCUT2D eigenvalue weighted by Gasteiger charge is -2.19. The van der Waals surface area contributed by atoms with Crippen LogP contribution in [0.15, 0.2) is 24.3 Å². The second-order valence-corrected chi connectivity index (χ2v) is 7.05. The SMILES string of the molecule is COc1nc(OC)c2c(CC#N)nn(C(c3ccc(C(F)(F)F)cc3)C3CC3)c2n1. The summed E-state index contributed by atoms with van der Waals surface area (Å²) < 4.78 is 51.2. The van der Waals surface area contributed by atoms with E-state index in [4.69, 9.17) is 9.47 Å². The third-order valence-electron chi connectivity index (χ3n) is 5.10. The van der Waals surface area contributed by atoms with Crippen molar-refractivity contribution in [2.45, 2.75) is 31.5 Å². The number of fused-ring (bicyclic) bond motifs is 1. The lowest BCUT2D eigenvalue weighted by atomic mass is 10.0. The molecule has 0 N–H and O–H groups in total. The van der Waals surface area contributed by atoms with E-state index in [1.165, 1.54) is 26.4 Å². The number of alkyl halides is 3. The van der Waals surface area contributed by atoms with Crippen molar-refractivity contribution in [2.24, 2.45) is 5.92 Å². The predicted octanol–water partition coefficient (Wildman–Crippen LogP) is 3.93. The summed E-state index contributed by atoms with van der Waals surface area (Å²) in [5.41, 5.74) is 0.849. The Morgan fingerprint density at radius 3 is 2.40 bits per heavy atom. The van der Waals surface area contributed by atoms with Crippen LogP contribution < -0.4 is 9.47 Å². The molecular weight excluding hydrogens is 399 g/mol.